The van der Waals surface area contributed by atoms with E-state index in [2.05, 4.69) is 36.1 Å². The Morgan fingerprint density at radius 2 is 2.04 bits per heavy atom. The zero-order valence-corrected chi connectivity index (χ0v) is 14.3. The van der Waals surface area contributed by atoms with Gasteiger partial charge in [0.05, 0.1) is 0 Å². The number of hydrogen-bond acceptors (Lipinski definition) is 2. The Hall–Kier alpha value is -1.35. The van der Waals surface area contributed by atoms with Gasteiger partial charge >= 0.3 is 0 Å². The molecule has 1 amide bonds. The van der Waals surface area contributed by atoms with Crippen LogP contribution in [0, 0.1) is 5.92 Å². The number of hydrogen-bond donors (Lipinski definition) is 1. The van der Waals surface area contributed by atoms with E-state index in [1.807, 2.05) is 6.07 Å². The topological polar surface area (TPSA) is 46.3 Å². The SMILES string of the molecule is CCC(CC(=O)N1CCCCC12CC(N)C2)Cc1ccccc1. The zero-order chi connectivity index (χ0) is 16.3. The zero-order valence-electron chi connectivity index (χ0n) is 14.3. The molecule has 1 aliphatic carbocycles. The van der Waals surface area contributed by atoms with Crippen molar-refractivity contribution >= 4 is 5.91 Å². The van der Waals surface area contributed by atoms with Crippen LogP contribution in [0.5, 0.6) is 0 Å². The monoisotopic (exact) mass is 314 g/mol. The van der Waals surface area contributed by atoms with Crippen molar-refractivity contribution in [2.24, 2.45) is 11.7 Å². The van der Waals surface area contributed by atoms with Crippen LogP contribution in [0.4, 0.5) is 0 Å². The Labute approximate surface area is 140 Å². The van der Waals surface area contributed by atoms with Crippen molar-refractivity contribution in [2.45, 2.75) is 69.9 Å². The highest BCUT2D eigenvalue weighted by Crippen LogP contribution is 2.44. The number of amides is 1. The van der Waals surface area contributed by atoms with E-state index in [4.69, 9.17) is 5.73 Å². The summed E-state index contributed by atoms with van der Waals surface area (Å²) in [6, 6.07) is 10.8. The molecule has 1 aliphatic heterocycles. The maximum Gasteiger partial charge on any atom is 0.223 e. The second-order valence-corrected chi connectivity index (χ2v) is 7.56. The van der Waals surface area contributed by atoms with Gasteiger partial charge in [0.1, 0.15) is 0 Å². The minimum atomic E-state index is 0.111. The first kappa shape index (κ1) is 16.5. The van der Waals surface area contributed by atoms with E-state index < -0.39 is 0 Å². The van der Waals surface area contributed by atoms with Gasteiger partial charge in [0.25, 0.3) is 0 Å². The van der Waals surface area contributed by atoms with Crippen LogP contribution in [-0.4, -0.2) is 28.9 Å². The Balaban J connectivity index is 1.62. The van der Waals surface area contributed by atoms with Gasteiger partial charge in [-0.15, -0.1) is 0 Å². The van der Waals surface area contributed by atoms with Gasteiger partial charge in [-0.25, -0.2) is 0 Å². The van der Waals surface area contributed by atoms with Gasteiger partial charge in [0.2, 0.25) is 5.91 Å². The lowest BCUT2D eigenvalue weighted by Gasteiger charge is -2.56. The summed E-state index contributed by atoms with van der Waals surface area (Å²) in [4.78, 5) is 15.2. The predicted molar refractivity (Wildman–Crippen MR) is 94.0 cm³/mol. The van der Waals surface area contributed by atoms with Gasteiger partial charge in [0.15, 0.2) is 0 Å². The molecule has 0 radical (unpaired) electrons. The molecule has 3 heteroatoms. The van der Waals surface area contributed by atoms with Crippen LogP contribution < -0.4 is 5.73 Å². The predicted octanol–water partition coefficient (Wildman–Crippen LogP) is 3.52. The standard InChI is InChI=1S/C20H30N2O/c1-2-16(12-17-8-4-3-5-9-17)13-19(23)22-11-7-6-10-20(22)14-18(21)15-20/h3-5,8-9,16,18H,2,6-7,10-15,21H2,1H3. The fourth-order valence-corrected chi connectivity index (χ4v) is 4.49. The summed E-state index contributed by atoms with van der Waals surface area (Å²) in [7, 11) is 0. The van der Waals surface area contributed by atoms with Crippen molar-refractivity contribution in [2.75, 3.05) is 6.54 Å². The van der Waals surface area contributed by atoms with E-state index >= 15 is 0 Å². The van der Waals surface area contributed by atoms with Crippen LogP contribution in [0.15, 0.2) is 30.3 Å². The molecular formula is C20H30N2O. The molecule has 126 valence electrons. The molecule has 0 aromatic heterocycles. The smallest absolute Gasteiger partial charge is 0.223 e. The molecule has 3 nitrogen and oxygen atoms in total. The molecule has 0 bridgehead atoms. The van der Waals surface area contributed by atoms with Crippen LogP contribution in [0.3, 0.4) is 0 Å². The Morgan fingerprint density at radius 1 is 1.30 bits per heavy atom. The first-order valence-electron chi connectivity index (χ1n) is 9.23. The molecule has 1 spiro atoms. The molecule has 1 saturated heterocycles. The third-order valence-corrected chi connectivity index (χ3v) is 5.84. The minimum absolute atomic E-state index is 0.111. The van der Waals surface area contributed by atoms with E-state index in [0.29, 0.717) is 24.3 Å². The number of nitrogens with two attached hydrogens (primary N) is 1. The molecular weight excluding hydrogens is 284 g/mol. The lowest BCUT2D eigenvalue weighted by Crippen LogP contribution is -2.65. The summed E-state index contributed by atoms with van der Waals surface area (Å²) < 4.78 is 0. The first-order valence-corrected chi connectivity index (χ1v) is 9.23. The van der Waals surface area contributed by atoms with Gasteiger partial charge in [-0.05, 0) is 50.0 Å². The third-order valence-electron chi connectivity index (χ3n) is 5.84. The van der Waals surface area contributed by atoms with Crippen LogP contribution >= 0.6 is 0 Å². The van der Waals surface area contributed by atoms with Gasteiger partial charge in [0, 0.05) is 24.5 Å². The van der Waals surface area contributed by atoms with E-state index in [9.17, 15) is 4.79 Å². The van der Waals surface area contributed by atoms with Crippen molar-refractivity contribution < 1.29 is 4.79 Å². The van der Waals surface area contributed by atoms with Crippen LogP contribution in [0.1, 0.15) is 57.4 Å². The number of nitrogens with zero attached hydrogens (tertiary/aromatic N) is 1. The summed E-state index contributed by atoms with van der Waals surface area (Å²) in [5.74, 6) is 0.803. The summed E-state index contributed by atoms with van der Waals surface area (Å²) in [6.07, 6.45) is 8.31. The van der Waals surface area contributed by atoms with Crippen molar-refractivity contribution in [1.82, 2.24) is 4.90 Å². The third kappa shape index (κ3) is 3.60. The first-order chi connectivity index (χ1) is 11.1. The molecule has 1 unspecified atom stereocenters. The minimum Gasteiger partial charge on any atom is -0.337 e. The molecule has 2 N–H and O–H groups in total. The number of likely N-dealkylation sites (tertiary alicyclic amines) is 1. The van der Waals surface area contributed by atoms with Gasteiger partial charge < -0.3 is 10.6 Å². The Kier molecular flexibility index (Phi) is 5.05. The molecule has 1 aromatic carbocycles. The summed E-state index contributed by atoms with van der Waals surface area (Å²) in [5.41, 5.74) is 7.49. The number of carbonyl (C=O) groups is 1. The van der Waals surface area contributed by atoms with Gasteiger partial charge in [-0.3, -0.25) is 4.79 Å². The van der Waals surface area contributed by atoms with Crippen LogP contribution in [-0.2, 0) is 11.2 Å². The van der Waals surface area contributed by atoms with Crippen molar-refractivity contribution in [1.29, 1.82) is 0 Å². The fraction of sp³-hybridized carbons (Fsp3) is 0.650. The van der Waals surface area contributed by atoms with Crippen LogP contribution in [0.25, 0.3) is 0 Å². The van der Waals surface area contributed by atoms with Crippen molar-refractivity contribution in [3.63, 3.8) is 0 Å². The van der Waals surface area contributed by atoms with E-state index in [1.54, 1.807) is 0 Å². The average molecular weight is 314 g/mol. The molecule has 23 heavy (non-hydrogen) atoms. The summed E-state index contributed by atoms with van der Waals surface area (Å²) in [6.45, 7) is 3.14. The second-order valence-electron chi connectivity index (χ2n) is 7.56. The number of carbonyl (C=O) groups excluding carboxylic acids is 1. The summed E-state index contributed by atoms with van der Waals surface area (Å²) >= 11 is 0. The lowest BCUT2D eigenvalue weighted by atomic mass is 9.67. The molecule has 1 heterocycles. The highest BCUT2D eigenvalue weighted by molar-refractivity contribution is 5.77. The largest absolute Gasteiger partial charge is 0.337 e. The second kappa shape index (κ2) is 7.04. The summed E-state index contributed by atoms with van der Waals surface area (Å²) in [5, 5.41) is 0. The maximum absolute atomic E-state index is 13.0. The molecule has 2 aliphatic rings. The van der Waals surface area contributed by atoms with Crippen LogP contribution in [0.2, 0.25) is 0 Å². The molecule has 1 aromatic rings. The van der Waals surface area contributed by atoms with E-state index in [-0.39, 0.29) is 5.54 Å². The van der Waals surface area contributed by atoms with E-state index in [1.165, 1.54) is 12.0 Å². The molecule has 1 atom stereocenters. The van der Waals surface area contributed by atoms with Gasteiger partial charge in [-0.2, -0.15) is 0 Å². The molecule has 1 saturated carbocycles. The Bertz CT molecular complexity index is 516. The number of piperidine rings is 1. The number of benzene rings is 1. The van der Waals surface area contributed by atoms with Crippen molar-refractivity contribution in [3.8, 4) is 0 Å². The lowest BCUT2D eigenvalue weighted by molar-refractivity contribution is -0.147. The number of rotatable bonds is 5. The van der Waals surface area contributed by atoms with Gasteiger partial charge in [-0.1, -0.05) is 43.7 Å². The Morgan fingerprint density at radius 3 is 2.70 bits per heavy atom. The van der Waals surface area contributed by atoms with Crippen molar-refractivity contribution in [3.05, 3.63) is 35.9 Å². The van der Waals surface area contributed by atoms with E-state index in [0.717, 1.165) is 45.1 Å². The molecule has 2 fully saturated rings. The maximum atomic E-state index is 13.0. The highest BCUT2D eigenvalue weighted by atomic mass is 16.2. The fourth-order valence-electron chi connectivity index (χ4n) is 4.49. The normalized spacial score (nSPS) is 28.4. The quantitative estimate of drug-likeness (QED) is 0.904. The molecule has 3 rings (SSSR count). The highest BCUT2D eigenvalue weighted by Gasteiger charge is 2.49. The average Bonchev–Trinajstić information content (AvgIpc) is 2.54.